The predicted molar refractivity (Wildman–Crippen MR) is 74.5 cm³/mol. The molecule has 0 radical (unpaired) electrons. The van der Waals surface area contributed by atoms with Crippen LogP contribution in [0, 0.1) is 0 Å². The molecule has 2 heterocycles. The topological polar surface area (TPSA) is 89.8 Å². The minimum atomic E-state index is -0.392. The standard InChI is InChI=1S/C13H21N5O/c1-2-3-4-5-6-10(19)8-18-13-11(7-17-18)12(14)15-9-16-13/h7,9-10,19H,2-6,8H2,1H3,(H2,14,15,16). The summed E-state index contributed by atoms with van der Waals surface area (Å²) in [7, 11) is 0. The summed E-state index contributed by atoms with van der Waals surface area (Å²) in [6.45, 7) is 2.63. The van der Waals surface area contributed by atoms with Crippen LogP contribution in [0.25, 0.3) is 11.0 Å². The Bertz CT molecular complexity index is 525. The Kier molecular flexibility index (Phi) is 4.68. The molecule has 104 valence electrons. The predicted octanol–water partition coefficient (Wildman–Crippen LogP) is 1.74. The van der Waals surface area contributed by atoms with Crippen LogP contribution < -0.4 is 5.73 Å². The number of fused-ring (bicyclic) bond motifs is 1. The van der Waals surface area contributed by atoms with Crippen LogP contribution in [0.2, 0.25) is 0 Å². The maximum absolute atomic E-state index is 10.0. The third-order valence-corrected chi connectivity index (χ3v) is 3.24. The molecule has 0 saturated heterocycles. The zero-order valence-electron chi connectivity index (χ0n) is 11.3. The lowest BCUT2D eigenvalue weighted by molar-refractivity contribution is 0.137. The molecular weight excluding hydrogens is 242 g/mol. The number of hydrogen-bond donors (Lipinski definition) is 2. The number of aliphatic hydroxyl groups is 1. The van der Waals surface area contributed by atoms with Crippen molar-refractivity contribution in [3.05, 3.63) is 12.5 Å². The van der Waals surface area contributed by atoms with E-state index >= 15 is 0 Å². The Balaban J connectivity index is 1.95. The first-order valence-corrected chi connectivity index (χ1v) is 6.82. The maximum Gasteiger partial charge on any atom is 0.163 e. The molecule has 0 saturated carbocycles. The van der Waals surface area contributed by atoms with Gasteiger partial charge in [-0.2, -0.15) is 5.10 Å². The first kappa shape index (κ1) is 13.7. The highest BCUT2D eigenvalue weighted by molar-refractivity contribution is 5.84. The van der Waals surface area contributed by atoms with Gasteiger partial charge in [-0.05, 0) is 6.42 Å². The molecule has 0 fully saturated rings. The number of nitrogen functional groups attached to an aromatic ring is 1. The van der Waals surface area contributed by atoms with Gasteiger partial charge in [0, 0.05) is 0 Å². The van der Waals surface area contributed by atoms with Gasteiger partial charge in [0.1, 0.15) is 12.1 Å². The van der Waals surface area contributed by atoms with E-state index in [-0.39, 0.29) is 0 Å². The molecule has 3 N–H and O–H groups in total. The van der Waals surface area contributed by atoms with Crippen LogP contribution in [0.5, 0.6) is 0 Å². The Hall–Kier alpha value is -1.69. The van der Waals surface area contributed by atoms with E-state index in [2.05, 4.69) is 22.0 Å². The van der Waals surface area contributed by atoms with Gasteiger partial charge in [0.25, 0.3) is 0 Å². The second-order valence-electron chi connectivity index (χ2n) is 4.83. The largest absolute Gasteiger partial charge is 0.391 e. The first-order chi connectivity index (χ1) is 9.22. The molecule has 2 aromatic heterocycles. The molecule has 0 bridgehead atoms. The molecule has 0 aliphatic rings. The number of nitrogens with zero attached hydrogens (tertiary/aromatic N) is 4. The molecular formula is C13H21N5O. The van der Waals surface area contributed by atoms with E-state index in [1.807, 2.05) is 0 Å². The molecule has 0 aliphatic carbocycles. The maximum atomic E-state index is 10.0. The first-order valence-electron chi connectivity index (χ1n) is 6.82. The lowest BCUT2D eigenvalue weighted by atomic mass is 10.1. The van der Waals surface area contributed by atoms with E-state index in [1.165, 1.54) is 25.6 Å². The van der Waals surface area contributed by atoms with E-state index in [4.69, 9.17) is 5.73 Å². The molecule has 2 aromatic rings. The van der Waals surface area contributed by atoms with Gasteiger partial charge in [-0.15, -0.1) is 0 Å². The van der Waals surface area contributed by atoms with Crippen molar-refractivity contribution in [3.8, 4) is 0 Å². The number of hydrogen-bond acceptors (Lipinski definition) is 5. The Morgan fingerprint density at radius 3 is 2.95 bits per heavy atom. The van der Waals surface area contributed by atoms with Crippen molar-refractivity contribution < 1.29 is 5.11 Å². The van der Waals surface area contributed by atoms with E-state index in [0.29, 0.717) is 18.0 Å². The number of anilines is 1. The highest BCUT2D eigenvalue weighted by atomic mass is 16.3. The number of aliphatic hydroxyl groups excluding tert-OH is 1. The summed E-state index contributed by atoms with van der Waals surface area (Å²) in [6, 6.07) is 0. The molecule has 1 unspecified atom stereocenters. The van der Waals surface area contributed by atoms with Crippen LogP contribution in [0.3, 0.4) is 0 Å². The lowest BCUT2D eigenvalue weighted by Gasteiger charge is -2.10. The molecule has 6 nitrogen and oxygen atoms in total. The fourth-order valence-electron chi connectivity index (χ4n) is 2.14. The Morgan fingerprint density at radius 1 is 1.32 bits per heavy atom. The monoisotopic (exact) mass is 263 g/mol. The van der Waals surface area contributed by atoms with Crippen LogP contribution in [-0.2, 0) is 6.54 Å². The SMILES string of the molecule is CCCCCCC(O)Cn1ncc2c(N)ncnc21. The van der Waals surface area contributed by atoms with Crippen LogP contribution in [0.1, 0.15) is 39.0 Å². The van der Waals surface area contributed by atoms with Crippen molar-refractivity contribution in [2.75, 3.05) is 5.73 Å². The van der Waals surface area contributed by atoms with Crippen molar-refractivity contribution in [3.63, 3.8) is 0 Å². The second kappa shape index (κ2) is 6.47. The van der Waals surface area contributed by atoms with Gasteiger partial charge in [0.2, 0.25) is 0 Å². The Labute approximate surface area is 112 Å². The fraction of sp³-hybridized carbons (Fsp3) is 0.615. The van der Waals surface area contributed by atoms with Gasteiger partial charge >= 0.3 is 0 Å². The summed E-state index contributed by atoms with van der Waals surface area (Å²) < 4.78 is 1.69. The summed E-state index contributed by atoms with van der Waals surface area (Å²) in [5.74, 6) is 0.425. The van der Waals surface area contributed by atoms with Crippen molar-refractivity contribution in [2.24, 2.45) is 0 Å². The fourth-order valence-corrected chi connectivity index (χ4v) is 2.14. The van der Waals surface area contributed by atoms with Gasteiger partial charge in [-0.25, -0.2) is 14.6 Å². The van der Waals surface area contributed by atoms with Crippen molar-refractivity contribution in [1.29, 1.82) is 0 Å². The summed E-state index contributed by atoms with van der Waals surface area (Å²) >= 11 is 0. The number of nitrogens with two attached hydrogens (primary N) is 1. The minimum absolute atomic E-state index is 0.392. The van der Waals surface area contributed by atoms with Gasteiger partial charge < -0.3 is 10.8 Å². The van der Waals surface area contributed by atoms with Crippen LogP contribution >= 0.6 is 0 Å². The van der Waals surface area contributed by atoms with E-state index in [0.717, 1.165) is 18.2 Å². The molecule has 0 amide bonds. The summed E-state index contributed by atoms with van der Waals surface area (Å²) in [6.07, 6.45) is 8.11. The molecule has 19 heavy (non-hydrogen) atoms. The molecule has 0 aromatic carbocycles. The van der Waals surface area contributed by atoms with Gasteiger partial charge in [-0.1, -0.05) is 32.6 Å². The van der Waals surface area contributed by atoms with Gasteiger partial charge in [0.15, 0.2) is 5.65 Å². The van der Waals surface area contributed by atoms with Crippen molar-refractivity contribution in [2.45, 2.75) is 51.7 Å². The van der Waals surface area contributed by atoms with E-state index < -0.39 is 6.10 Å². The summed E-state index contributed by atoms with van der Waals surface area (Å²) in [5.41, 5.74) is 6.43. The molecule has 2 rings (SSSR count). The normalized spacial score (nSPS) is 12.9. The van der Waals surface area contributed by atoms with Crippen molar-refractivity contribution in [1.82, 2.24) is 19.7 Å². The summed E-state index contributed by atoms with van der Waals surface area (Å²) in [4.78, 5) is 8.08. The molecule has 1 atom stereocenters. The van der Waals surface area contributed by atoms with E-state index in [9.17, 15) is 5.11 Å². The van der Waals surface area contributed by atoms with Gasteiger partial charge in [-0.3, -0.25) is 0 Å². The van der Waals surface area contributed by atoms with Crippen molar-refractivity contribution >= 4 is 16.9 Å². The van der Waals surface area contributed by atoms with E-state index in [1.54, 1.807) is 10.9 Å². The molecule has 0 aliphatic heterocycles. The van der Waals surface area contributed by atoms with Crippen LogP contribution in [0.15, 0.2) is 12.5 Å². The number of unbranched alkanes of at least 4 members (excludes halogenated alkanes) is 3. The lowest BCUT2D eigenvalue weighted by Crippen LogP contribution is -2.17. The zero-order chi connectivity index (χ0) is 13.7. The second-order valence-corrected chi connectivity index (χ2v) is 4.83. The summed E-state index contributed by atoms with van der Waals surface area (Å²) in [5, 5.41) is 15.0. The molecule has 0 spiro atoms. The third kappa shape index (κ3) is 3.41. The third-order valence-electron chi connectivity index (χ3n) is 3.24. The highest BCUT2D eigenvalue weighted by Gasteiger charge is 2.11. The zero-order valence-corrected chi connectivity index (χ0v) is 11.3. The molecule has 6 heteroatoms. The minimum Gasteiger partial charge on any atom is -0.391 e. The van der Waals surface area contributed by atoms with Crippen LogP contribution in [-0.4, -0.2) is 31.0 Å². The van der Waals surface area contributed by atoms with Gasteiger partial charge in [0.05, 0.1) is 24.2 Å². The smallest absolute Gasteiger partial charge is 0.163 e. The number of rotatable bonds is 7. The average molecular weight is 263 g/mol. The van der Waals surface area contributed by atoms with Crippen LogP contribution in [0.4, 0.5) is 5.82 Å². The number of aromatic nitrogens is 4. The highest BCUT2D eigenvalue weighted by Crippen LogP contribution is 2.16. The quantitative estimate of drug-likeness (QED) is 0.743. The average Bonchev–Trinajstić information content (AvgIpc) is 2.80. The Morgan fingerprint density at radius 2 is 2.16 bits per heavy atom.